The lowest BCUT2D eigenvalue weighted by Gasteiger charge is -2.25. The Hall–Kier alpha value is -1.20. The maximum Gasteiger partial charge on any atom is 0.236 e. The SMILES string of the molecule is CC(C)C(SCc1ccccc1)C(=O)N(C)Cc1ccc(Br)o1. The minimum atomic E-state index is -0.0568. The van der Waals surface area contributed by atoms with Crippen LogP contribution < -0.4 is 0 Å². The average Bonchev–Trinajstić information content (AvgIpc) is 2.93. The van der Waals surface area contributed by atoms with E-state index in [0.29, 0.717) is 11.2 Å². The van der Waals surface area contributed by atoms with E-state index in [0.717, 1.165) is 11.5 Å². The Balaban J connectivity index is 1.97. The highest BCUT2D eigenvalue weighted by Gasteiger charge is 2.26. The van der Waals surface area contributed by atoms with Gasteiger partial charge in [-0.3, -0.25) is 4.79 Å². The van der Waals surface area contributed by atoms with Crippen molar-refractivity contribution < 1.29 is 9.21 Å². The van der Waals surface area contributed by atoms with E-state index in [1.807, 2.05) is 37.4 Å². The molecule has 23 heavy (non-hydrogen) atoms. The summed E-state index contributed by atoms with van der Waals surface area (Å²) in [5, 5.41) is -0.0568. The van der Waals surface area contributed by atoms with Crippen molar-refractivity contribution in [3.05, 3.63) is 58.5 Å². The van der Waals surface area contributed by atoms with Gasteiger partial charge in [-0.15, -0.1) is 11.8 Å². The molecule has 0 saturated carbocycles. The third-order valence-corrected chi connectivity index (χ3v) is 5.55. The van der Waals surface area contributed by atoms with Crippen molar-refractivity contribution in [2.45, 2.75) is 31.4 Å². The summed E-state index contributed by atoms with van der Waals surface area (Å²) in [6.07, 6.45) is 0. The molecule has 0 aliphatic heterocycles. The molecule has 0 fully saturated rings. The largest absolute Gasteiger partial charge is 0.452 e. The third-order valence-electron chi connectivity index (χ3n) is 3.52. The molecule has 2 aromatic rings. The van der Waals surface area contributed by atoms with E-state index in [1.165, 1.54) is 5.56 Å². The van der Waals surface area contributed by atoms with Gasteiger partial charge in [0.1, 0.15) is 5.76 Å². The number of rotatable bonds is 7. The fourth-order valence-electron chi connectivity index (χ4n) is 2.27. The molecule has 0 aliphatic rings. The molecule has 2 rings (SSSR count). The quantitative estimate of drug-likeness (QED) is 0.664. The zero-order valence-corrected chi connectivity index (χ0v) is 16.1. The van der Waals surface area contributed by atoms with E-state index in [4.69, 9.17) is 4.42 Å². The van der Waals surface area contributed by atoms with Crippen LogP contribution in [0.3, 0.4) is 0 Å². The zero-order chi connectivity index (χ0) is 16.8. The van der Waals surface area contributed by atoms with E-state index in [2.05, 4.69) is 41.9 Å². The molecule has 0 aliphatic carbocycles. The summed E-state index contributed by atoms with van der Waals surface area (Å²) in [7, 11) is 1.83. The molecule has 0 bridgehead atoms. The van der Waals surface area contributed by atoms with Gasteiger partial charge in [-0.25, -0.2) is 0 Å². The molecule has 0 spiro atoms. The summed E-state index contributed by atoms with van der Waals surface area (Å²) < 4.78 is 6.18. The van der Waals surface area contributed by atoms with Gasteiger partial charge in [0, 0.05) is 12.8 Å². The topological polar surface area (TPSA) is 33.5 Å². The number of carbonyl (C=O) groups is 1. The normalized spacial score (nSPS) is 12.4. The number of carbonyl (C=O) groups excluding carboxylic acids is 1. The lowest BCUT2D eigenvalue weighted by Crippen LogP contribution is -2.37. The van der Waals surface area contributed by atoms with Gasteiger partial charge in [0.05, 0.1) is 11.8 Å². The van der Waals surface area contributed by atoms with Crippen LogP contribution in [0.1, 0.15) is 25.2 Å². The number of halogens is 1. The smallest absolute Gasteiger partial charge is 0.236 e. The van der Waals surface area contributed by atoms with Crippen LogP contribution in [0, 0.1) is 5.92 Å². The van der Waals surface area contributed by atoms with E-state index >= 15 is 0 Å². The highest BCUT2D eigenvalue weighted by atomic mass is 79.9. The van der Waals surface area contributed by atoms with Crippen LogP contribution in [0.15, 0.2) is 51.6 Å². The van der Waals surface area contributed by atoms with Gasteiger partial charge >= 0.3 is 0 Å². The molecule has 1 atom stereocenters. The van der Waals surface area contributed by atoms with Crippen LogP contribution in [-0.4, -0.2) is 23.1 Å². The summed E-state index contributed by atoms with van der Waals surface area (Å²) in [4.78, 5) is 14.5. The maximum atomic E-state index is 12.8. The van der Waals surface area contributed by atoms with Gasteiger partial charge in [0.25, 0.3) is 0 Å². The Labute approximate surface area is 150 Å². The van der Waals surface area contributed by atoms with Gasteiger partial charge in [0.2, 0.25) is 5.91 Å². The van der Waals surface area contributed by atoms with E-state index in [-0.39, 0.29) is 17.1 Å². The number of amides is 1. The second-order valence-corrected chi connectivity index (χ2v) is 7.77. The number of benzene rings is 1. The first-order chi connectivity index (χ1) is 11.0. The Morgan fingerprint density at radius 1 is 1.22 bits per heavy atom. The first kappa shape index (κ1) is 18.1. The molecule has 1 heterocycles. The second-order valence-electron chi connectivity index (χ2n) is 5.86. The number of nitrogens with zero attached hydrogens (tertiary/aromatic N) is 1. The van der Waals surface area contributed by atoms with Crippen molar-refractivity contribution >= 4 is 33.6 Å². The van der Waals surface area contributed by atoms with Gasteiger partial charge < -0.3 is 9.32 Å². The minimum Gasteiger partial charge on any atom is -0.452 e. The van der Waals surface area contributed by atoms with Gasteiger partial charge in [-0.05, 0) is 39.5 Å². The fourth-order valence-corrected chi connectivity index (χ4v) is 3.89. The summed E-state index contributed by atoms with van der Waals surface area (Å²) >= 11 is 4.99. The lowest BCUT2D eigenvalue weighted by atomic mass is 10.1. The fraction of sp³-hybridized carbons (Fsp3) is 0.389. The predicted octanol–water partition coefficient (Wildman–Crippen LogP) is 4.96. The molecule has 0 saturated heterocycles. The van der Waals surface area contributed by atoms with E-state index in [9.17, 15) is 4.79 Å². The van der Waals surface area contributed by atoms with Gasteiger partial charge in [-0.1, -0.05) is 44.2 Å². The van der Waals surface area contributed by atoms with Crippen LogP contribution in [0.2, 0.25) is 0 Å². The van der Waals surface area contributed by atoms with Crippen LogP contribution in [0.25, 0.3) is 0 Å². The molecule has 1 aromatic heterocycles. The standard InChI is InChI=1S/C18H22BrNO2S/c1-13(2)17(23-12-14-7-5-4-6-8-14)18(21)20(3)11-15-9-10-16(19)22-15/h4-10,13,17H,11-12H2,1-3H3. The monoisotopic (exact) mass is 395 g/mol. The second kappa shape index (κ2) is 8.60. The van der Waals surface area contributed by atoms with Crippen molar-refractivity contribution in [1.82, 2.24) is 4.90 Å². The molecule has 0 radical (unpaired) electrons. The van der Waals surface area contributed by atoms with Crippen molar-refractivity contribution in [1.29, 1.82) is 0 Å². The summed E-state index contributed by atoms with van der Waals surface area (Å²) in [5.41, 5.74) is 1.24. The van der Waals surface area contributed by atoms with E-state index in [1.54, 1.807) is 16.7 Å². The molecule has 3 nitrogen and oxygen atoms in total. The summed E-state index contributed by atoms with van der Waals surface area (Å²) in [6, 6.07) is 14.0. The van der Waals surface area contributed by atoms with Crippen molar-refractivity contribution in [2.75, 3.05) is 7.05 Å². The van der Waals surface area contributed by atoms with Crippen LogP contribution in [0.4, 0.5) is 0 Å². The molecular weight excluding hydrogens is 374 g/mol. The van der Waals surface area contributed by atoms with Crippen molar-refractivity contribution in [2.24, 2.45) is 5.92 Å². The van der Waals surface area contributed by atoms with Crippen LogP contribution >= 0.6 is 27.7 Å². The number of hydrogen-bond acceptors (Lipinski definition) is 3. The molecule has 1 aromatic carbocycles. The Bertz CT molecular complexity index is 627. The number of furan rings is 1. The first-order valence-electron chi connectivity index (χ1n) is 7.62. The third kappa shape index (κ3) is 5.43. The van der Waals surface area contributed by atoms with Crippen molar-refractivity contribution in [3.63, 3.8) is 0 Å². The Kier molecular flexibility index (Phi) is 6.78. The van der Waals surface area contributed by atoms with Crippen molar-refractivity contribution in [3.8, 4) is 0 Å². The van der Waals surface area contributed by atoms with E-state index < -0.39 is 0 Å². The highest BCUT2D eigenvalue weighted by molar-refractivity contribution is 9.10. The van der Waals surface area contributed by atoms with Crippen LogP contribution in [-0.2, 0) is 17.1 Å². The molecule has 1 amide bonds. The molecule has 1 unspecified atom stereocenters. The van der Waals surface area contributed by atoms with Gasteiger partial charge in [0.15, 0.2) is 4.67 Å². The number of hydrogen-bond donors (Lipinski definition) is 0. The highest BCUT2D eigenvalue weighted by Crippen LogP contribution is 2.26. The number of thioether (sulfide) groups is 1. The zero-order valence-electron chi connectivity index (χ0n) is 13.7. The summed E-state index contributed by atoms with van der Waals surface area (Å²) in [5.74, 6) is 2.05. The first-order valence-corrected chi connectivity index (χ1v) is 9.46. The maximum absolute atomic E-state index is 12.8. The Morgan fingerprint density at radius 2 is 1.91 bits per heavy atom. The molecular formula is C18H22BrNO2S. The minimum absolute atomic E-state index is 0.0568. The molecule has 124 valence electrons. The lowest BCUT2D eigenvalue weighted by molar-refractivity contribution is -0.130. The predicted molar refractivity (Wildman–Crippen MR) is 99.2 cm³/mol. The Morgan fingerprint density at radius 3 is 2.48 bits per heavy atom. The van der Waals surface area contributed by atoms with Crippen LogP contribution in [0.5, 0.6) is 0 Å². The molecule has 0 N–H and O–H groups in total. The molecule has 5 heteroatoms. The average molecular weight is 396 g/mol. The summed E-state index contributed by atoms with van der Waals surface area (Å²) in [6.45, 7) is 4.68. The van der Waals surface area contributed by atoms with Gasteiger partial charge in [-0.2, -0.15) is 0 Å².